The molecule has 1 aromatic rings. The fraction of sp³-hybridized carbons (Fsp3) is 0.462. The molecule has 0 aliphatic rings. The van der Waals surface area contributed by atoms with Crippen molar-refractivity contribution >= 4 is 5.78 Å². The predicted octanol–water partition coefficient (Wildman–Crippen LogP) is 3.26. The molecule has 0 bridgehead atoms. The van der Waals surface area contributed by atoms with Crippen LogP contribution >= 0.6 is 0 Å². The normalized spacial score (nSPS) is 12.6. The summed E-state index contributed by atoms with van der Waals surface area (Å²) in [5.41, 5.74) is 3.91. The standard InChI is InChI=1S/C13H16F3NO/c1-12(2,6-7-17)11(18)9-4-3-5-10(8-9)13(14,15)16/h3-5,8H,6-7,17H2,1-2H3. The maximum Gasteiger partial charge on any atom is 0.416 e. The zero-order valence-corrected chi connectivity index (χ0v) is 10.3. The van der Waals surface area contributed by atoms with E-state index in [2.05, 4.69) is 0 Å². The van der Waals surface area contributed by atoms with Crippen LogP contribution in [0.25, 0.3) is 0 Å². The molecule has 0 saturated carbocycles. The summed E-state index contributed by atoms with van der Waals surface area (Å²) >= 11 is 0. The van der Waals surface area contributed by atoms with Crippen molar-refractivity contribution in [2.45, 2.75) is 26.4 Å². The third-order valence-corrected chi connectivity index (χ3v) is 2.84. The highest BCUT2D eigenvalue weighted by molar-refractivity contribution is 6.00. The minimum Gasteiger partial charge on any atom is -0.330 e. The Balaban J connectivity index is 3.08. The van der Waals surface area contributed by atoms with Gasteiger partial charge in [-0.3, -0.25) is 4.79 Å². The average Bonchev–Trinajstić information content (AvgIpc) is 2.27. The van der Waals surface area contributed by atoms with Crippen molar-refractivity contribution in [2.24, 2.45) is 11.1 Å². The molecule has 0 radical (unpaired) electrons. The van der Waals surface area contributed by atoms with Crippen LogP contribution in [0.15, 0.2) is 24.3 Å². The van der Waals surface area contributed by atoms with Crippen molar-refractivity contribution in [1.82, 2.24) is 0 Å². The Hall–Kier alpha value is -1.36. The molecule has 0 heterocycles. The third kappa shape index (κ3) is 3.32. The van der Waals surface area contributed by atoms with E-state index in [0.29, 0.717) is 13.0 Å². The molecule has 0 aromatic heterocycles. The Morgan fingerprint density at radius 1 is 1.28 bits per heavy atom. The van der Waals surface area contributed by atoms with Crippen LogP contribution in [-0.2, 0) is 6.18 Å². The van der Waals surface area contributed by atoms with Crippen LogP contribution in [0.2, 0.25) is 0 Å². The van der Waals surface area contributed by atoms with E-state index < -0.39 is 17.2 Å². The number of carbonyl (C=O) groups excluding carboxylic acids is 1. The van der Waals surface area contributed by atoms with E-state index in [1.165, 1.54) is 12.1 Å². The van der Waals surface area contributed by atoms with Gasteiger partial charge in [0.1, 0.15) is 0 Å². The molecule has 0 unspecified atom stereocenters. The number of hydrogen-bond acceptors (Lipinski definition) is 2. The van der Waals surface area contributed by atoms with Crippen LogP contribution in [0.3, 0.4) is 0 Å². The summed E-state index contributed by atoms with van der Waals surface area (Å²) in [7, 11) is 0. The Morgan fingerprint density at radius 3 is 2.39 bits per heavy atom. The van der Waals surface area contributed by atoms with Crippen molar-refractivity contribution in [1.29, 1.82) is 0 Å². The van der Waals surface area contributed by atoms with Crippen LogP contribution in [0.4, 0.5) is 13.2 Å². The van der Waals surface area contributed by atoms with Gasteiger partial charge >= 0.3 is 6.18 Å². The van der Waals surface area contributed by atoms with Crippen molar-refractivity contribution in [3.63, 3.8) is 0 Å². The largest absolute Gasteiger partial charge is 0.416 e. The second kappa shape index (κ2) is 5.10. The van der Waals surface area contributed by atoms with E-state index in [1.54, 1.807) is 13.8 Å². The highest BCUT2D eigenvalue weighted by Crippen LogP contribution is 2.32. The number of halogens is 3. The van der Waals surface area contributed by atoms with Gasteiger partial charge in [0.25, 0.3) is 0 Å². The molecule has 1 rings (SSSR count). The SMILES string of the molecule is CC(C)(CCN)C(=O)c1cccc(C(F)(F)F)c1. The summed E-state index contributed by atoms with van der Waals surface area (Å²) in [5.74, 6) is -0.320. The second-order valence-electron chi connectivity index (χ2n) is 4.83. The molecule has 18 heavy (non-hydrogen) atoms. The quantitative estimate of drug-likeness (QED) is 0.843. The maximum atomic E-state index is 12.5. The number of alkyl halides is 3. The number of Topliss-reactive ketones (excluding diaryl/α,β-unsaturated/α-hetero) is 1. The number of benzene rings is 1. The van der Waals surface area contributed by atoms with E-state index in [4.69, 9.17) is 5.73 Å². The van der Waals surface area contributed by atoms with Crippen LogP contribution in [0.1, 0.15) is 36.2 Å². The average molecular weight is 259 g/mol. The van der Waals surface area contributed by atoms with Gasteiger partial charge < -0.3 is 5.73 Å². The highest BCUT2D eigenvalue weighted by Gasteiger charge is 2.33. The summed E-state index contributed by atoms with van der Waals surface area (Å²) in [4.78, 5) is 12.1. The van der Waals surface area contributed by atoms with Crippen LogP contribution in [0.5, 0.6) is 0 Å². The van der Waals surface area contributed by atoms with Gasteiger partial charge in [0.15, 0.2) is 5.78 Å². The molecule has 0 fully saturated rings. The monoisotopic (exact) mass is 259 g/mol. The number of nitrogens with two attached hydrogens (primary N) is 1. The lowest BCUT2D eigenvalue weighted by molar-refractivity contribution is -0.137. The molecule has 0 spiro atoms. The van der Waals surface area contributed by atoms with Crippen molar-refractivity contribution < 1.29 is 18.0 Å². The fourth-order valence-corrected chi connectivity index (χ4v) is 1.70. The zero-order chi connectivity index (χ0) is 14.0. The lowest BCUT2D eigenvalue weighted by Gasteiger charge is -2.22. The van der Waals surface area contributed by atoms with Crippen LogP contribution in [0, 0.1) is 5.41 Å². The Kier molecular flexibility index (Phi) is 4.16. The summed E-state index contributed by atoms with van der Waals surface area (Å²) < 4.78 is 37.6. The van der Waals surface area contributed by atoms with Gasteiger partial charge in [0.2, 0.25) is 0 Å². The molecule has 100 valence electrons. The predicted molar refractivity (Wildman–Crippen MR) is 63.2 cm³/mol. The summed E-state index contributed by atoms with van der Waals surface area (Å²) in [6.07, 6.45) is -4.00. The van der Waals surface area contributed by atoms with Gasteiger partial charge in [-0.25, -0.2) is 0 Å². The fourth-order valence-electron chi connectivity index (χ4n) is 1.70. The first-order chi connectivity index (χ1) is 8.18. The maximum absolute atomic E-state index is 12.5. The highest BCUT2D eigenvalue weighted by atomic mass is 19.4. The van der Waals surface area contributed by atoms with Crippen molar-refractivity contribution in [3.8, 4) is 0 Å². The van der Waals surface area contributed by atoms with Gasteiger partial charge in [-0.05, 0) is 25.1 Å². The summed E-state index contributed by atoms with van der Waals surface area (Å²) in [6, 6.07) is 4.48. The lowest BCUT2D eigenvalue weighted by Crippen LogP contribution is -2.27. The Labute approximate surface area is 104 Å². The molecule has 0 aliphatic heterocycles. The summed E-state index contributed by atoms with van der Waals surface area (Å²) in [5, 5.41) is 0. The molecular weight excluding hydrogens is 243 g/mol. The van der Waals surface area contributed by atoms with Crippen LogP contribution < -0.4 is 5.73 Å². The molecule has 0 saturated heterocycles. The van der Waals surface area contributed by atoms with Gasteiger partial charge in [0.05, 0.1) is 5.56 Å². The van der Waals surface area contributed by atoms with Gasteiger partial charge in [-0.1, -0.05) is 26.0 Å². The number of rotatable bonds is 4. The van der Waals surface area contributed by atoms with Crippen molar-refractivity contribution in [3.05, 3.63) is 35.4 Å². The van der Waals surface area contributed by atoms with Crippen molar-refractivity contribution in [2.75, 3.05) is 6.54 Å². The molecule has 0 atom stereocenters. The Morgan fingerprint density at radius 2 is 1.89 bits per heavy atom. The molecule has 2 N–H and O–H groups in total. The first-order valence-corrected chi connectivity index (χ1v) is 5.60. The van der Waals surface area contributed by atoms with Gasteiger partial charge in [-0.15, -0.1) is 0 Å². The minimum atomic E-state index is -4.44. The van der Waals surface area contributed by atoms with E-state index >= 15 is 0 Å². The minimum absolute atomic E-state index is 0.0725. The van der Waals surface area contributed by atoms with E-state index in [-0.39, 0.29) is 11.3 Å². The lowest BCUT2D eigenvalue weighted by atomic mass is 9.81. The second-order valence-corrected chi connectivity index (χ2v) is 4.83. The molecule has 0 aliphatic carbocycles. The third-order valence-electron chi connectivity index (χ3n) is 2.84. The molecule has 0 amide bonds. The molecular formula is C13H16F3NO. The number of hydrogen-bond donors (Lipinski definition) is 1. The Bertz CT molecular complexity index is 438. The molecule has 2 nitrogen and oxygen atoms in total. The van der Waals surface area contributed by atoms with Gasteiger partial charge in [-0.2, -0.15) is 13.2 Å². The first-order valence-electron chi connectivity index (χ1n) is 5.60. The zero-order valence-electron chi connectivity index (χ0n) is 10.3. The number of ketones is 1. The molecule has 5 heteroatoms. The smallest absolute Gasteiger partial charge is 0.330 e. The first kappa shape index (κ1) is 14.7. The van der Waals surface area contributed by atoms with Gasteiger partial charge in [0, 0.05) is 11.0 Å². The van der Waals surface area contributed by atoms with E-state index in [9.17, 15) is 18.0 Å². The molecule has 1 aromatic carbocycles. The topological polar surface area (TPSA) is 43.1 Å². The summed E-state index contributed by atoms with van der Waals surface area (Å²) in [6.45, 7) is 3.68. The number of carbonyl (C=O) groups is 1. The van der Waals surface area contributed by atoms with Crippen LogP contribution in [-0.4, -0.2) is 12.3 Å². The van der Waals surface area contributed by atoms with E-state index in [1.807, 2.05) is 0 Å². The van der Waals surface area contributed by atoms with E-state index in [0.717, 1.165) is 12.1 Å².